The fourth-order valence-corrected chi connectivity index (χ4v) is 3.98. The summed E-state index contributed by atoms with van der Waals surface area (Å²) < 4.78 is 10.8. The SMILES string of the molecule is CCCCCCCCCCCC(=O)NN=Cc1ccc(OC(=O)c2ccc(Cl)cc2Cl)c(OC)c1. The van der Waals surface area contributed by atoms with Crippen molar-refractivity contribution in [1.29, 1.82) is 0 Å². The van der Waals surface area contributed by atoms with E-state index in [1.807, 2.05) is 0 Å². The van der Waals surface area contributed by atoms with Gasteiger partial charge in [0, 0.05) is 11.4 Å². The molecule has 0 bridgehead atoms. The molecular weight excluding hydrogens is 487 g/mol. The number of rotatable bonds is 15. The van der Waals surface area contributed by atoms with E-state index in [0.29, 0.717) is 22.8 Å². The lowest BCUT2D eigenvalue weighted by molar-refractivity contribution is -0.121. The van der Waals surface area contributed by atoms with Crippen LogP contribution in [0, 0.1) is 0 Å². The van der Waals surface area contributed by atoms with E-state index >= 15 is 0 Å². The highest BCUT2D eigenvalue weighted by Crippen LogP contribution is 2.30. The molecule has 0 aliphatic heterocycles. The molecule has 190 valence electrons. The van der Waals surface area contributed by atoms with Gasteiger partial charge in [-0.05, 0) is 48.4 Å². The summed E-state index contributed by atoms with van der Waals surface area (Å²) in [7, 11) is 1.47. The Labute approximate surface area is 218 Å². The molecule has 0 saturated carbocycles. The number of ether oxygens (including phenoxy) is 2. The molecule has 2 aromatic rings. The summed E-state index contributed by atoms with van der Waals surface area (Å²) in [6.07, 6.45) is 12.8. The van der Waals surface area contributed by atoms with Crippen LogP contribution in [0.1, 0.15) is 87.1 Å². The van der Waals surface area contributed by atoms with Crippen molar-refractivity contribution in [2.45, 2.75) is 71.1 Å². The lowest BCUT2D eigenvalue weighted by Gasteiger charge is -2.10. The maximum absolute atomic E-state index is 12.5. The average molecular weight is 521 g/mol. The van der Waals surface area contributed by atoms with Crippen LogP contribution in [-0.2, 0) is 4.79 Å². The standard InChI is InChI=1S/C27H34Cl2N2O4/c1-3-4-5-6-7-8-9-10-11-12-26(32)31-30-19-20-13-16-24(25(17-20)34-2)35-27(33)22-15-14-21(28)18-23(22)29/h13-19H,3-12H2,1-2H3,(H,31,32). The molecule has 2 aromatic carbocycles. The van der Waals surface area contributed by atoms with Crippen LogP contribution in [0.3, 0.4) is 0 Å². The average Bonchev–Trinajstić information content (AvgIpc) is 2.83. The Morgan fingerprint density at radius 3 is 2.26 bits per heavy atom. The number of amides is 1. The lowest BCUT2D eigenvalue weighted by atomic mass is 10.1. The van der Waals surface area contributed by atoms with E-state index in [0.717, 1.165) is 12.8 Å². The zero-order valence-corrected chi connectivity index (χ0v) is 22.0. The zero-order chi connectivity index (χ0) is 25.5. The van der Waals surface area contributed by atoms with Crippen LogP contribution in [0.2, 0.25) is 10.0 Å². The van der Waals surface area contributed by atoms with Gasteiger partial charge in [-0.3, -0.25) is 4.79 Å². The van der Waals surface area contributed by atoms with Crippen molar-refractivity contribution in [3.05, 3.63) is 57.6 Å². The van der Waals surface area contributed by atoms with Crippen LogP contribution >= 0.6 is 23.2 Å². The number of hydrazone groups is 1. The van der Waals surface area contributed by atoms with Crippen LogP contribution in [0.4, 0.5) is 0 Å². The van der Waals surface area contributed by atoms with E-state index in [9.17, 15) is 9.59 Å². The maximum atomic E-state index is 12.5. The van der Waals surface area contributed by atoms with Crippen LogP contribution in [-0.4, -0.2) is 25.2 Å². The topological polar surface area (TPSA) is 77.0 Å². The molecule has 0 aliphatic carbocycles. The lowest BCUT2D eigenvalue weighted by Crippen LogP contribution is -2.16. The summed E-state index contributed by atoms with van der Waals surface area (Å²) in [5, 5.41) is 4.64. The molecule has 1 amide bonds. The van der Waals surface area contributed by atoms with Crippen LogP contribution in [0.5, 0.6) is 11.5 Å². The van der Waals surface area contributed by atoms with E-state index in [1.54, 1.807) is 24.3 Å². The summed E-state index contributed by atoms with van der Waals surface area (Å²) in [5.41, 5.74) is 3.42. The molecule has 2 rings (SSSR count). The fraction of sp³-hybridized carbons (Fsp3) is 0.444. The van der Waals surface area contributed by atoms with Crippen molar-refractivity contribution < 1.29 is 19.1 Å². The second kappa shape index (κ2) is 16.2. The van der Waals surface area contributed by atoms with Crippen molar-refractivity contribution in [3.8, 4) is 11.5 Å². The highest BCUT2D eigenvalue weighted by Gasteiger charge is 2.16. The zero-order valence-electron chi connectivity index (χ0n) is 20.4. The van der Waals surface area contributed by atoms with Gasteiger partial charge < -0.3 is 9.47 Å². The quantitative estimate of drug-likeness (QED) is 0.0861. The molecule has 8 heteroatoms. The molecule has 1 N–H and O–H groups in total. The first-order valence-corrected chi connectivity index (χ1v) is 12.9. The molecular formula is C27H34Cl2N2O4. The number of methoxy groups -OCH3 is 1. The number of esters is 1. The van der Waals surface area contributed by atoms with E-state index in [-0.39, 0.29) is 22.2 Å². The number of halogens is 2. The smallest absolute Gasteiger partial charge is 0.345 e. The molecule has 35 heavy (non-hydrogen) atoms. The monoisotopic (exact) mass is 520 g/mol. The summed E-state index contributed by atoms with van der Waals surface area (Å²) >= 11 is 12.0. The molecule has 0 heterocycles. The van der Waals surface area contributed by atoms with E-state index in [1.165, 1.54) is 70.4 Å². The number of unbranched alkanes of at least 4 members (excludes halogenated alkanes) is 8. The molecule has 0 aliphatic rings. The minimum atomic E-state index is -0.629. The maximum Gasteiger partial charge on any atom is 0.345 e. The summed E-state index contributed by atoms with van der Waals surface area (Å²) in [6.45, 7) is 2.22. The minimum absolute atomic E-state index is 0.110. The summed E-state index contributed by atoms with van der Waals surface area (Å²) in [4.78, 5) is 24.5. The van der Waals surface area contributed by atoms with Gasteiger partial charge in [0.15, 0.2) is 11.5 Å². The van der Waals surface area contributed by atoms with Gasteiger partial charge in [0.25, 0.3) is 0 Å². The third-order valence-electron chi connectivity index (χ3n) is 5.45. The molecule has 0 unspecified atom stereocenters. The Morgan fingerprint density at radius 1 is 0.914 bits per heavy atom. The Kier molecular flexibility index (Phi) is 13.2. The molecule has 6 nitrogen and oxygen atoms in total. The molecule has 0 aromatic heterocycles. The highest BCUT2D eigenvalue weighted by atomic mass is 35.5. The third kappa shape index (κ3) is 10.7. The second-order valence-corrected chi connectivity index (χ2v) is 9.14. The van der Waals surface area contributed by atoms with E-state index < -0.39 is 5.97 Å². The number of benzene rings is 2. The molecule has 0 saturated heterocycles. The largest absolute Gasteiger partial charge is 0.493 e. The Hall–Kier alpha value is -2.57. The van der Waals surface area contributed by atoms with Crippen molar-refractivity contribution in [3.63, 3.8) is 0 Å². The van der Waals surface area contributed by atoms with Crippen LogP contribution in [0.25, 0.3) is 0 Å². The van der Waals surface area contributed by atoms with Gasteiger partial charge in [-0.1, -0.05) is 81.5 Å². The number of nitrogens with zero attached hydrogens (tertiary/aromatic N) is 1. The Balaban J connectivity index is 1.77. The second-order valence-electron chi connectivity index (χ2n) is 8.30. The fourth-order valence-electron chi connectivity index (χ4n) is 3.49. The summed E-state index contributed by atoms with van der Waals surface area (Å²) in [5.74, 6) is -0.167. The Bertz CT molecular complexity index is 995. The van der Waals surface area contributed by atoms with Gasteiger partial charge in [-0.2, -0.15) is 5.10 Å². The number of nitrogens with one attached hydrogen (secondary N) is 1. The predicted molar refractivity (Wildman–Crippen MR) is 142 cm³/mol. The molecule has 0 spiro atoms. The van der Waals surface area contributed by atoms with Gasteiger partial charge >= 0.3 is 5.97 Å². The summed E-state index contributed by atoms with van der Waals surface area (Å²) in [6, 6.07) is 9.47. The van der Waals surface area contributed by atoms with Crippen LogP contribution < -0.4 is 14.9 Å². The first-order chi connectivity index (χ1) is 16.9. The van der Waals surface area contributed by atoms with Gasteiger partial charge in [-0.25, -0.2) is 10.2 Å². The van der Waals surface area contributed by atoms with Gasteiger partial charge in [-0.15, -0.1) is 0 Å². The van der Waals surface area contributed by atoms with Crippen molar-refractivity contribution >= 4 is 41.3 Å². The van der Waals surface area contributed by atoms with Crippen LogP contribution in [0.15, 0.2) is 41.5 Å². The minimum Gasteiger partial charge on any atom is -0.493 e. The highest BCUT2D eigenvalue weighted by molar-refractivity contribution is 6.36. The first kappa shape index (κ1) is 28.7. The van der Waals surface area contributed by atoms with Gasteiger partial charge in [0.2, 0.25) is 5.91 Å². The van der Waals surface area contributed by atoms with Crippen molar-refractivity contribution in [1.82, 2.24) is 5.43 Å². The number of hydrogen-bond donors (Lipinski definition) is 1. The third-order valence-corrected chi connectivity index (χ3v) is 6.00. The van der Waals surface area contributed by atoms with E-state index in [2.05, 4.69) is 17.5 Å². The number of carbonyl (C=O) groups is 2. The van der Waals surface area contributed by atoms with Gasteiger partial charge in [0.05, 0.1) is 23.9 Å². The van der Waals surface area contributed by atoms with Crippen molar-refractivity contribution in [2.75, 3.05) is 7.11 Å². The Morgan fingerprint density at radius 2 is 1.60 bits per heavy atom. The number of carbonyl (C=O) groups excluding carboxylic acids is 2. The van der Waals surface area contributed by atoms with Gasteiger partial charge in [0.1, 0.15) is 0 Å². The number of hydrogen-bond acceptors (Lipinski definition) is 5. The van der Waals surface area contributed by atoms with E-state index in [4.69, 9.17) is 32.7 Å². The predicted octanol–water partition coefficient (Wildman–Crippen LogP) is 7.59. The molecule has 0 fully saturated rings. The molecule has 0 radical (unpaired) electrons. The normalized spacial score (nSPS) is 11.0. The molecule has 0 atom stereocenters. The van der Waals surface area contributed by atoms with Crippen molar-refractivity contribution in [2.24, 2.45) is 5.10 Å². The first-order valence-electron chi connectivity index (χ1n) is 12.1.